The number of carboxylic acids is 1. The second-order valence-corrected chi connectivity index (χ2v) is 7.90. The summed E-state index contributed by atoms with van der Waals surface area (Å²) >= 11 is 0. The molecule has 2 aliphatic heterocycles. The first-order chi connectivity index (χ1) is 14.6. The van der Waals surface area contributed by atoms with Crippen LogP contribution in [0, 0.1) is 5.41 Å². The third kappa shape index (κ3) is 7.19. The molecule has 2 unspecified atom stereocenters. The van der Waals surface area contributed by atoms with Crippen LogP contribution in [0.3, 0.4) is 0 Å². The van der Waals surface area contributed by atoms with Gasteiger partial charge in [0.1, 0.15) is 0 Å². The van der Waals surface area contributed by atoms with Gasteiger partial charge in [0.25, 0.3) is 0 Å². The van der Waals surface area contributed by atoms with Gasteiger partial charge in [0.2, 0.25) is 5.91 Å². The number of likely N-dealkylation sites (tertiary alicyclic amines) is 1. The van der Waals surface area contributed by atoms with E-state index in [-0.39, 0.29) is 11.3 Å². The Hall–Kier alpha value is -2.17. The van der Waals surface area contributed by atoms with Crippen molar-refractivity contribution in [1.82, 2.24) is 9.80 Å². The predicted molar refractivity (Wildman–Crippen MR) is 106 cm³/mol. The Balaban J connectivity index is 0.000000423. The molecule has 0 saturated carbocycles. The fourth-order valence-corrected chi connectivity index (χ4v) is 3.89. The molecule has 0 aromatic heterocycles. The molecule has 31 heavy (non-hydrogen) atoms. The second kappa shape index (κ2) is 10.9. The minimum atomic E-state index is -5.08. The minimum absolute atomic E-state index is 0.0929. The Morgan fingerprint density at radius 2 is 1.94 bits per heavy atom. The highest BCUT2D eigenvalue weighted by molar-refractivity contribution is 5.79. The maximum atomic E-state index is 12.4. The van der Waals surface area contributed by atoms with Crippen LogP contribution < -0.4 is 0 Å². The van der Waals surface area contributed by atoms with Crippen molar-refractivity contribution in [2.24, 2.45) is 5.41 Å². The molecular formula is C21H29F3N2O5. The van der Waals surface area contributed by atoms with Crippen LogP contribution in [-0.4, -0.2) is 86.1 Å². The number of aliphatic carboxylic acids is 1. The van der Waals surface area contributed by atoms with E-state index in [4.69, 9.17) is 19.4 Å². The number of carbonyl (C=O) groups excluding carboxylic acids is 1. The van der Waals surface area contributed by atoms with E-state index in [9.17, 15) is 18.0 Å². The first kappa shape index (κ1) is 25.1. The molecule has 0 aliphatic carbocycles. The summed E-state index contributed by atoms with van der Waals surface area (Å²) in [6.07, 6.45) is -4.51. The predicted octanol–water partition coefficient (Wildman–Crippen LogP) is 2.58. The largest absolute Gasteiger partial charge is 0.490 e. The zero-order chi connectivity index (χ0) is 23.1. The van der Waals surface area contributed by atoms with Crippen molar-refractivity contribution >= 4 is 11.9 Å². The van der Waals surface area contributed by atoms with Crippen molar-refractivity contribution in [3.05, 3.63) is 35.9 Å². The molecule has 2 fully saturated rings. The van der Waals surface area contributed by atoms with Gasteiger partial charge in [0.15, 0.2) is 0 Å². The Morgan fingerprint density at radius 1 is 1.29 bits per heavy atom. The highest BCUT2D eigenvalue weighted by atomic mass is 19.4. The van der Waals surface area contributed by atoms with Crippen molar-refractivity contribution < 1.29 is 37.3 Å². The van der Waals surface area contributed by atoms with Gasteiger partial charge in [-0.3, -0.25) is 9.69 Å². The molecule has 1 N–H and O–H groups in total. The fourth-order valence-electron chi connectivity index (χ4n) is 3.89. The lowest BCUT2D eigenvalue weighted by molar-refractivity contribution is -0.192. The van der Waals surface area contributed by atoms with Crippen molar-refractivity contribution in [3.63, 3.8) is 0 Å². The lowest BCUT2D eigenvalue weighted by atomic mass is 9.86. The summed E-state index contributed by atoms with van der Waals surface area (Å²) in [5.41, 5.74) is 1.22. The average molecular weight is 446 g/mol. The smallest absolute Gasteiger partial charge is 0.475 e. The molecule has 1 amide bonds. The van der Waals surface area contributed by atoms with E-state index >= 15 is 0 Å². The number of hydrogen-bond donors (Lipinski definition) is 1. The lowest BCUT2D eigenvalue weighted by Crippen LogP contribution is -2.42. The van der Waals surface area contributed by atoms with Crippen LogP contribution in [0.1, 0.15) is 24.9 Å². The third-order valence-electron chi connectivity index (χ3n) is 5.51. The number of carboxylic acid groups (broad SMARTS) is 1. The molecule has 1 spiro atoms. The molecule has 2 heterocycles. The molecule has 3 rings (SSSR count). The number of amides is 1. The molecule has 7 nitrogen and oxygen atoms in total. The summed E-state index contributed by atoms with van der Waals surface area (Å²) in [5, 5.41) is 7.12. The minimum Gasteiger partial charge on any atom is -0.475 e. The number of nitrogens with zero attached hydrogens (tertiary/aromatic N) is 2. The zero-order valence-electron chi connectivity index (χ0n) is 17.7. The Morgan fingerprint density at radius 3 is 2.52 bits per heavy atom. The summed E-state index contributed by atoms with van der Waals surface area (Å²) in [7, 11) is 1.67. The van der Waals surface area contributed by atoms with Gasteiger partial charge in [-0.1, -0.05) is 30.3 Å². The van der Waals surface area contributed by atoms with Crippen LogP contribution in [0.15, 0.2) is 30.3 Å². The van der Waals surface area contributed by atoms with E-state index in [1.54, 1.807) is 7.11 Å². The van der Waals surface area contributed by atoms with Crippen LogP contribution in [-0.2, 0) is 19.1 Å². The van der Waals surface area contributed by atoms with Crippen LogP contribution >= 0.6 is 0 Å². The van der Waals surface area contributed by atoms with Gasteiger partial charge in [-0.2, -0.15) is 13.2 Å². The summed E-state index contributed by atoms with van der Waals surface area (Å²) in [6.45, 7) is 7.48. The molecule has 1 aromatic carbocycles. The lowest BCUT2D eigenvalue weighted by Gasteiger charge is -2.35. The normalized spacial score (nSPS) is 23.3. The molecule has 174 valence electrons. The summed E-state index contributed by atoms with van der Waals surface area (Å²) in [4.78, 5) is 25.7. The van der Waals surface area contributed by atoms with E-state index < -0.39 is 12.1 Å². The number of benzene rings is 1. The van der Waals surface area contributed by atoms with Gasteiger partial charge < -0.3 is 19.5 Å². The first-order valence-corrected chi connectivity index (χ1v) is 10.0. The third-order valence-corrected chi connectivity index (χ3v) is 5.51. The van der Waals surface area contributed by atoms with Crippen LogP contribution in [0.2, 0.25) is 0 Å². The van der Waals surface area contributed by atoms with E-state index in [2.05, 4.69) is 36.1 Å². The number of hydrogen-bond acceptors (Lipinski definition) is 5. The Bertz CT molecular complexity index is 731. The number of alkyl halides is 3. The number of carbonyl (C=O) groups is 2. The van der Waals surface area contributed by atoms with Crippen molar-refractivity contribution in [2.45, 2.75) is 25.6 Å². The Kier molecular flexibility index (Phi) is 8.84. The number of halogens is 3. The number of rotatable bonds is 5. The molecule has 2 saturated heterocycles. The second-order valence-electron chi connectivity index (χ2n) is 7.90. The SMILES string of the molecule is COCCN1CC2(COCCN(C(C)c3ccccc3)C2)CC1=O.O=C(O)C(F)(F)F. The van der Waals surface area contributed by atoms with E-state index in [1.165, 1.54) is 5.56 Å². The first-order valence-electron chi connectivity index (χ1n) is 10.0. The topological polar surface area (TPSA) is 79.3 Å². The standard InChI is InChI=1S/C19H28N2O3.C2HF3O2/c1-16(17-6-4-3-5-7-17)20-9-11-24-15-19(13-20)12-18(22)21(14-19)8-10-23-2;3-2(4,5)1(6)7/h3-7,16H,8-15H2,1-2H3;(H,6,7). The number of methoxy groups -OCH3 is 1. The molecule has 10 heteroatoms. The molecule has 0 bridgehead atoms. The van der Waals surface area contributed by atoms with E-state index in [1.807, 2.05) is 11.0 Å². The van der Waals surface area contributed by atoms with Gasteiger partial charge in [0, 0.05) is 51.2 Å². The monoisotopic (exact) mass is 446 g/mol. The van der Waals surface area contributed by atoms with Gasteiger partial charge >= 0.3 is 12.1 Å². The maximum absolute atomic E-state index is 12.4. The van der Waals surface area contributed by atoms with Gasteiger partial charge in [-0.05, 0) is 12.5 Å². The van der Waals surface area contributed by atoms with Crippen molar-refractivity contribution in [3.8, 4) is 0 Å². The average Bonchev–Trinajstić information content (AvgIpc) is 2.89. The Labute approximate surface area is 179 Å². The van der Waals surface area contributed by atoms with Crippen molar-refractivity contribution in [2.75, 3.05) is 53.1 Å². The van der Waals surface area contributed by atoms with Crippen LogP contribution in [0.4, 0.5) is 13.2 Å². The molecule has 2 aliphatic rings. The molecule has 0 radical (unpaired) electrons. The highest BCUT2D eigenvalue weighted by Crippen LogP contribution is 2.36. The zero-order valence-corrected chi connectivity index (χ0v) is 17.7. The molecule has 1 aromatic rings. The van der Waals surface area contributed by atoms with Gasteiger partial charge in [0.05, 0.1) is 19.8 Å². The molecule has 2 atom stereocenters. The maximum Gasteiger partial charge on any atom is 0.490 e. The summed E-state index contributed by atoms with van der Waals surface area (Å²) < 4.78 is 42.8. The van der Waals surface area contributed by atoms with E-state index in [0.29, 0.717) is 32.2 Å². The van der Waals surface area contributed by atoms with E-state index in [0.717, 1.165) is 26.2 Å². The van der Waals surface area contributed by atoms with Crippen LogP contribution in [0.5, 0.6) is 0 Å². The van der Waals surface area contributed by atoms with Gasteiger partial charge in [-0.25, -0.2) is 4.79 Å². The van der Waals surface area contributed by atoms with Crippen molar-refractivity contribution in [1.29, 1.82) is 0 Å². The summed E-state index contributed by atoms with van der Waals surface area (Å²) in [5.74, 6) is -2.53. The van der Waals surface area contributed by atoms with Gasteiger partial charge in [-0.15, -0.1) is 0 Å². The highest BCUT2D eigenvalue weighted by Gasteiger charge is 2.46. The summed E-state index contributed by atoms with van der Waals surface area (Å²) in [6, 6.07) is 10.9. The quantitative estimate of drug-likeness (QED) is 0.749. The van der Waals surface area contributed by atoms with Crippen LogP contribution in [0.25, 0.3) is 0 Å². The fraction of sp³-hybridized carbons (Fsp3) is 0.619. The number of ether oxygens (including phenoxy) is 2. The molecular weight excluding hydrogens is 417 g/mol.